The summed E-state index contributed by atoms with van der Waals surface area (Å²) in [5.74, 6) is 8.35. The first kappa shape index (κ1) is 11.9. The van der Waals surface area contributed by atoms with E-state index in [4.69, 9.17) is 10.6 Å². The molecule has 3 nitrogen and oxygen atoms in total. The minimum absolute atomic E-state index is 0.247. The molecule has 0 amide bonds. The van der Waals surface area contributed by atoms with Crippen LogP contribution in [0.15, 0.2) is 11.8 Å². The van der Waals surface area contributed by atoms with Crippen LogP contribution in [0.4, 0.5) is 0 Å². The van der Waals surface area contributed by atoms with Gasteiger partial charge in [0, 0.05) is 0 Å². The monoisotopic (exact) mass is 224 g/mol. The zero-order valence-corrected chi connectivity index (χ0v) is 10.2. The van der Waals surface area contributed by atoms with Gasteiger partial charge in [-0.1, -0.05) is 19.8 Å². The first-order chi connectivity index (χ1) is 7.85. The van der Waals surface area contributed by atoms with E-state index in [0.717, 1.165) is 31.1 Å². The number of hydrogen-bond donors (Lipinski definition) is 2. The van der Waals surface area contributed by atoms with Crippen LogP contribution in [-0.4, -0.2) is 12.6 Å². The number of rotatable bonds is 4. The maximum Gasteiger partial charge on any atom is 0.111 e. The van der Waals surface area contributed by atoms with Crippen molar-refractivity contribution in [1.29, 1.82) is 0 Å². The molecule has 0 aromatic rings. The molecule has 3 heteroatoms. The van der Waals surface area contributed by atoms with E-state index in [1.807, 2.05) is 0 Å². The Hall–Kier alpha value is -0.540. The lowest BCUT2D eigenvalue weighted by atomic mass is 9.94. The summed E-state index contributed by atoms with van der Waals surface area (Å²) in [6.45, 7) is 3.14. The molecule has 0 aromatic carbocycles. The molecular weight excluding hydrogens is 200 g/mol. The number of nitrogens with two attached hydrogens (primary N) is 1. The molecule has 0 saturated heterocycles. The van der Waals surface area contributed by atoms with Gasteiger partial charge < -0.3 is 4.74 Å². The predicted octanol–water partition coefficient (Wildman–Crippen LogP) is 2.34. The number of ether oxygens (including phenoxy) is 1. The highest BCUT2D eigenvalue weighted by Gasteiger charge is 2.32. The molecule has 1 aliphatic carbocycles. The largest absolute Gasteiger partial charge is 0.497 e. The Morgan fingerprint density at radius 2 is 2.44 bits per heavy atom. The van der Waals surface area contributed by atoms with Crippen molar-refractivity contribution in [3.63, 3.8) is 0 Å². The molecule has 0 aromatic heterocycles. The van der Waals surface area contributed by atoms with E-state index in [1.54, 1.807) is 0 Å². The van der Waals surface area contributed by atoms with Gasteiger partial charge in [-0.3, -0.25) is 5.84 Å². The average Bonchev–Trinajstić information content (AvgIpc) is 2.80. The van der Waals surface area contributed by atoms with Crippen molar-refractivity contribution in [1.82, 2.24) is 5.43 Å². The summed E-state index contributed by atoms with van der Waals surface area (Å²) in [5, 5.41) is 0. The standard InChI is InChI=1S/C13H24N2O/c1-2-10-6-7-11(9-10)13(15-14)12-5-3-4-8-16-12/h5,10-11,13,15H,2-4,6-9,14H2,1H3. The number of allylic oxidation sites excluding steroid dienone is 1. The van der Waals surface area contributed by atoms with Gasteiger partial charge in [-0.15, -0.1) is 0 Å². The molecule has 1 saturated carbocycles. The molecule has 2 rings (SSSR count). The fourth-order valence-corrected chi connectivity index (χ4v) is 3.03. The summed E-state index contributed by atoms with van der Waals surface area (Å²) in [6.07, 6.45) is 9.73. The quantitative estimate of drug-likeness (QED) is 0.569. The van der Waals surface area contributed by atoms with Crippen molar-refractivity contribution in [2.75, 3.05) is 6.61 Å². The van der Waals surface area contributed by atoms with Crippen molar-refractivity contribution in [2.24, 2.45) is 17.7 Å². The number of hydrogen-bond acceptors (Lipinski definition) is 3. The van der Waals surface area contributed by atoms with E-state index in [9.17, 15) is 0 Å². The third kappa shape index (κ3) is 2.58. The van der Waals surface area contributed by atoms with Gasteiger partial charge in [0.25, 0.3) is 0 Å². The molecule has 1 aliphatic heterocycles. The summed E-state index contributed by atoms with van der Waals surface area (Å²) in [5.41, 5.74) is 2.97. The normalized spacial score (nSPS) is 32.0. The lowest BCUT2D eigenvalue weighted by Crippen LogP contribution is -2.42. The van der Waals surface area contributed by atoms with Gasteiger partial charge in [-0.2, -0.15) is 0 Å². The zero-order chi connectivity index (χ0) is 11.4. The molecule has 0 bridgehead atoms. The van der Waals surface area contributed by atoms with Gasteiger partial charge >= 0.3 is 0 Å². The van der Waals surface area contributed by atoms with E-state index in [0.29, 0.717) is 5.92 Å². The number of hydrazine groups is 1. The van der Waals surface area contributed by atoms with Gasteiger partial charge in [-0.25, -0.2) is 5.43 Å². The summed E-state index contributed by atoms with van der Waals surface area (Å²) >= 11 is 0. The van der Waals surface area contributed by atoms with E-state index in [1.165, 1.54) is 25.7 Å². The minimum Gasteiger partial charge on any atom is -0.497 e. The van der Waals surface area contributed by atoms with Crippen LogP contribution in [0.3, 0.4) is 0 Å². The molecule has 0 radical (unpaired) electrons. The molecule has 3 N–H and O–H groups in total. The van der Waals surface area contributed by atoms with Crippen LogP contribution in [0.1, 0.15) is 45.4 Å². The second-order valence-corrected chi connectivity index (χ2v) is 5.09. The first-order valence-electron chi connectivity index (χ1n) is 6.64. The highest BCUT2D eigenvalue weighted by molar-refractivity contribution is 5.08. The molecule has 0 spiro atoms. The van der Waals surface area contributed by atoms with Crippen LogP contribution in [0, 0.1) is 11.8 Å². The maximum atomic E-state index is 5.73. The Labute approximate surface area is 98.4 Å². The lowest BCUT2D eigenvalue weighted by Gasteiger charge is -2.27. The summed E-state index contributed by atoms with van der Waals surface area (Å²) in [7, 11) is 0. The highest BCUT2D eigenvalue weighted by Crippen LogP contribution is 2.37. The van der Waals surface area contributed by atoms with E-state index in [2.05, 4.69) is 18.4 Å². The van der Waals surface area contributed by atoms with Gasteiger partial charge in [0.05, 0.1) is 12.6 Å². The Balaban J connectivity index is 1.97. The molecule has 3 unspecified atom stereocenters. The van der Waals surface area contributed by atoms with Gasteiger partial charge in [0.15, 0.2) is 0 Å². The van der Waals surface area contributed by atoms with Crippen molar-refractivity contribution < 1.29 is 4.74 Å². The number of nitrogens with one attached hydrogen (secondary N) is 1. The molecule has 1 heterocycles. The van der Waals surface area contributed by atoms with Crippen LogP contribution in [0.5, 0.6) is 0 Å². The lowest BCUT2D eigenvalue weighted by molar-refractivity contribution is 0.150. The first-order valence-corrected chi connectivity index (χ1v) is 6.64. The van der Waals surface area contributed by atoms with Crippen molar-refractivity contribution in [2.45, 2.75) is 51.5 Å². The SMILES string of the molecule is CCC1CCC(C(NN)C2=CCCCO2)C1. The van der Waals surface area contributed by atoms with Gasteiger partial charge in [-0.05, 0) is 43.6 Å². The molecular formula is C13H24N2O. The van der Waals surface area contributed by atoms with Crippen LogP contribution in [0.25, 0.3) is 0 Å². The van der Waals surface area contributed by atoms with E-state index in [-0.39, 0.29) is 6.04 Å². The predicted molar refractivity (Wildman–Crippen MR) is 65.5 cm³/mol. The fourth-order valence-electron chi connectivity index (χ4n) is 3.03. The third-order valence-corrected chi connectivity index (χ3v) is 4.08. The van der Waals surface area contributed by atoms with Crippen molar-refractivity contribution in [3.8, 4) is 0 Å². The smallest absolute Gasteiger partial charge is 0.111 e. The van der Waals surface area contributed by atoms with Crippen LogP contribution < -0.4 is 11.3 Å². The average molecular weight is 224 g/mol. The van der Waals surface area contributed by atoms with Crippen molar-refractivity contribution >= 4 is 0 Å². The second kappa shape index (κ2) is 5.69. The van der Waals surface area contributed by atoms with E-state index >= 15 is 0 Å². The van der Waals surface area contributed by atoms with Gasteiger partial charge in [0.2, 0.25) is 0 Å². The topological polar surface area (TPSA) is 47.3 Å². The Morgan fingerprint density at radius 3 is 3.00 bits per heavy atom. The highest BCUT2D eigenvalue weighted by atomic mass is 16.5. The van der Waals surface area contributed by atoms with Crippen LogP contribution in [-0.2, 0) is 4.74 Å². The third-order valence-electron chi connectivity index (χ3n) is 4.08. The van der Waals surface area contributed by atoms with Crippen molar-refractivity contribution in [3.05, 3.63) is 11.8 Å². The molecule has 2 aliphatic rings. The zero-order valence-electron chi connectivity index (χ0n) is 10.2. The summed E-state index contributed by atoms with van der Waals surface area (Å²) < 4.78 is 5.73. The van der Waals surface area contributed by atoms with E-state index < -0.39 is 0 Å². The molecule has 3 atom stereocenters. The molecule has 92 valence electrons. The Bertz CT molecular complexity index is 252. The Morgan fingerprint density at radius 1 is 1.56 bits per heavy atom. The maximum absolute atomic E-state index is 5.73. The molecule has 1 fully saturated rings. The summed E-state index contributed by atoms with van der Waals surface area (Å²) in [6, 6.07) is 0.247. The minimum atomic E-state index is 0.247. The Kier molecular flexibility index (Phi) is 4.24. The van der Waals surface area contributed by atoms with Crippen LogP contribution >= 0.6 is 0 Å². The summed E-state index contributed by atoms with van der Waals surface area (Å²) in [4.78, 5) is 0. The second-order valence-electron chi connectivity index (χ2n) is 5.09. The van der Waals surface area contributed by atoms with Crippen LogP contribution in [0.2, 0.25) is 0 Å². The van der Waals surface area contributed by atoms with Gasteiger partial charge in [0.1, 0.15) is 5.76 Å². The molecule has 16 heavy (non-hydrogen) atoms. The fraction of sp³-hybridized carbons (Fsp3) is 0.846.